The average Bonchev–Trinajstić information content (AvgIpc) is 2.46. The van der Waals surface area contributed by atoms with Crippen LogP contribution in [0.5, 0.6) is 0 Å². The van der Waals surface area contributed by atoms with Gasteiger partial charge >= 0.3 is 0 Å². The first kappa shape index (κ1) is 17.2. The highest BCUT2D eigenvalue weighted by molar-refractivity contribution is 7.89. The maximum Gasteiger partial charge on any atom is 0.255 e. The third-order valence-corrected chi connectivity index (χ3v) is 4.34. The van der Waals surface area contributed by atoms with Crippen LogP contribution >= 0.6 is 0 Å². The molecular weight excluding hydrogens is 310 g/mol. The van der Waals surface area contributed by atoms with E-state index >= 15 is 0 Å². The Morgan fingerprint density at radius 1 is 1.00 bits per heavy atom. The van der Waals surface area contributed by atoms with Gasteiger partial charge in [-0.15, -0.1) is 0 Å². The first-order valence-corrected chi connectivity index (χ1v) is 9.48. The van der Waals surface area contributed by atoms with Crippen molar-refractivity contribution in [3.63, 3.8) is 0 Å². The molecule has 0 spiro atoms. The second-order valence-electron chi connectivity index (χ2n) is 6.00. The van der Waals surface area contributed by atoms with E-state index < -0.39 is 9.84 Å². The quantitative estimate of drug-likeness (QED) is 0.910. The summed E-state index contributed by atoms with van der Waals surface area (Å²) in [6.07, 6.45) is 1.19. The Hall–Kier alpha value is -2.14. The van der Waals surface area contributed by atoms with Crippen molar-refractivity contribution in [1.29, 1.82) is 0 Å². The molecule has 0 aliphatic rings. The van der Waals surface area contributed by atoms with Gasteiger partial charge < -0.3 is 5.32 Å². The zero-order valence-corrected chi connectivity index (χ0v) is 14.4. The summed E-state index contributed by atoms with van der Waals surface area (Å²) in [5.41, 5.74) is 3.12. The number of hydrogen-bond acceptors (Lipinski definition) is 3. The van der Waals surface area contributed by atoms with Gasteiger partial charge in [0, 0.05) is 17.5 Å². The lowest BCUT2D eigenvalue weighted by molar-refractivity contribution is 0.102. The number of carbonyl (C=O) groups excluding carboxylic acids is 1. The second kappa shape index (κ2) is 6.96. The van der Waals surface area contributed by atoms with E-state index in [4.69, 9.17) is 0 Å². The fourth-order valence-electron chi connectivity index (χ4n) is 2.21. The Morgan fingerprint density at radius 2 is 1.57 bits per heavy atom. The number of nitrogens with one attached hydrogen (secondary N) is 1. The molecule has 0 heterocycles. The van der Waals surface area contributed by atoms with Gasteiger partial charge in [-0.05, 0) is 41.3 Å². The van der Waals surface area contributed by atoms with Crippen LogP contribution in [0, 0.1) is 0 Å². The van der Waals surface area contributed by atoms with Crippen molar-refractivity contribution in [2.24, 2.45) is 0 Å². The summed E-state index contributed by atoms with van der Waals surface area (Å²) >= 11 is 0. The van der Waals surface area contributed by atoms with Gasteiger partial charge in [0.1, 0.15) is 0 Å². The van der Waals surface area contributed by atoms with Crippen LogP contribution in [-0.4, -0.2) is 20.6 Å². The molecule has 0 bridgehead atoms. The van der Waals surface area contributed by atoms with Gasteiger partial charge in [0.05, 0.1) is 5.75 Å². The molecule has 0 saturated carbocycles. The Morgan fingerprint density at radius 3 is 2.04 bits per heavy atom. The Balaban J connectivity index is 2.05. The number of hydrogen-bond donors (Lipinski definition) is 1. The molecule has 2 aromatic carbocycles. The van der Waals surface area contributed by atoms with E-state index in [1.165, 1.54) is 11.8 Å². The second-order valence-corrected chi connectivity index (χ2v) is 8.14. The standard InChI is InChI=1S/C18H21NO3S/c1-13(2)15-8-10-17(11-9-15)19-18(20)16-6-4-14(5-7-16)12-23(3,21)22/h4-11,13H,12H2,1-3H3,(H,19,20). The van der Waals surface area contributed by atoms with Crippen molar-refractivity contribution in [2.45, 2.75) is 25.5 Å². The minimum atomic E-state index is -3.07. The Labute approximate surface area is 137 Å². The zero-order chi connectivity index (χ0) is 17.0. The lowest BCUT2D eigenvalue weighted by atomic mass is 10.0. The first-order valence-electron chi connectivity index (χ1n) is 7.42. The summed E-state index contributed by atoms with van der Waals surface area (Å²) in [7, 11) is -3.07. The monoisotopic (exact) mass is 331 g/mol. The van der Waals surface area contributed by atoms with Gasteiger partial charge in [-0.1, -0.05) is 38.1 Å². The van der Waals surface area contributed by atoms with Crippen molar-refractivity contribution in [3.8, 4) is 0 Å². The molecule has 0 saturated heterocycles. The van der Waals surface area contributed by atoms with Crippen molar-refractivity contribution >= 4 is 21.4 Å². The van der Waals surface area contributed by atoms with Crippen molar-refractivity contribution in [2.75, 3.05) is 11.6 Å². The molecule has 0 aliphatic heterocycles. The summed E-state index contributed by atoms with van der Waals surface area (Å²) in [5, 5.41) is 2.83. The fraction of sp³-hybridized carbons (Fsp3) is 0.278. The molecule has 0 fully saturated rings. The van der Waals surface area contributed by atoms with E-state index in [9.17, 15) is 13.2 Å². The minimum absolute atomic E-state index is 0.0223. The van der Waals surface area contributed by atoms with Gasteiger partial charge in [0.15, 0.2) is 9.84 Å². The van der Waals surface area contributed by atoms with Crippen LogP contribution in [0.4, 0.5) is 5.69 Å². The van der Waals surface area contributed by atoms with E-state index in [2.05, 4.69) is 19.2 Å². The van der Waals surface area contributed by atoms with Gasteiger partial charge in [0.25, 0.3) is 5.91 Å². The highest BCUT2D eigenvalue weighted by atomic mass is 32.2. The van der Waals surface area contributed by atoms with Crippen LogP contribution in [0.3, 0.4) is 0 Å². The zero-order valence-electron chi connectivity index (χ0n) is 13.5. The maximum absolute atomic E-state index is 12.2. The molecule has 2 rings (SSSR count). The predicted molar refractivity (Wildman–Crippen MR) is 93.5 cm³/mol. The maximum atomic E-state index is 12.2. The number of rotatable bonds is 5. The normalized spacial score (nSPS) is 11.5. The summed E-state index contributed by atoms with van der Waals surface area (Å²) < 4.78 is 22.5. The van der Waals surface area contributed by atoms with E-state index in [1.54, 1.807) is 24.3 Å². The summed E-state index contributed by atoms with van der Waals surface area (Å²) in [4.78, 5) is 12.2. The number of sulfone groups is 1. The van der Waals surface area contributed by atoms with Crippen molar-refractivity contribution < 1.29 is 13.2 Å². The summed E-state index contributed by atoms with van der Waals surface area (Å²) in [6.45, 7) is 4.23. The van der Waals surface area contributed by atoms with E-state index in [0.717, 1.165) is 5.69 Å². The number of amides is 1. The largest absolute Gasteiger partial charge is 0.322 e. The van der Waals surface area contributed by atoms with Crippen LogP contribution in [0.15, 0.2) is 48.5 Å². The molecule has 23 heavy (non-hydrogen) atoms. The lowest BCUT2D eigenvalue weighted by Gasteiger charge is -2.09. The number of anilines is 1. The molecule has 122 valence electrons. The van der Waals surface area contributed by atoms with Gasteiger partial charge in [-0.3, -0.25) is 4.79 Å². The van der Waals surface area contributed by atoms with Crippen LogP contribution in [0.25, 0.3) is 0 Å². The highest BCUT2D eigenvalue weighted by Gasteiger charge is 2.09. The minimum Gasteiger partial charge on any atom is -0.322 e. The summed E-state index contributed by atoms with van der Waals surface area (Å²) in [5.74, 6) is 0.210. The first-order chi connectivity index (χ1) is 10.7. The molecule has 0 radical (unpaired) electrons. The topological polar surface area (TPSA) is 63.2 Å². The Bertz CT molecular complexity index is 776. The van der Waals surface area contributed by atoms with E-state index in [-0.39, 0.29) is 11.7 Å². The average molecular weight is 331 g/mol. The SMILES string of the molecule is CC(C)c1ccc(NC(=O)c2ccc(CS(C)(=O)=O)cc2)cc1. The highest BCUT2D eigenvalue weighted by Crippen LogP contribution is 2.18. The molecule has 0 unspecified atom stereocenters. The van der Waals surface area contributed by atoms with E-state index in [0.29, 0.717) is 17.0 Å². The molecule has 0 aliphatic carbocycles. The predicted octanol–water partition coefficient (Wildman–Crippen LogP) is 3.61. The number of carbonyl (C=O) groups is 1. The van der Waals surface area contributed by atoms with Crippen LogP contribution in [-0.2, 0) is 15.6 Å². The molecular formula is C18H21NO3S. The molecule has 4 nitrogen and oxygen atoms in total. The third-order valence-electron chi connectivity index (χ3n) is 3.48. The van der Waals surface area contributed by atoms with Crippen molar-refractivity contribution in [1.82, 2.24) is 0 Å². The van der Waals surface area contributed by atoms with Gasteiger partial charge in [-0.25, -0.2) is 8.42 Å². The van der Waals surface area contributed by atoms with Gasteiger partial charge in [0.2, 0.25) is 0 Å². The molecule has 0 aromatic heterocycles. The molecule has 1 N–H and O–H groups in total. The molecule has 2 aromatic rings. The smallest absolute Gasteiger partial charge is 0.255 e. The number of benzene rings is 2. The molecule has 0 atom stereocenters. The van der Waals surface area contributed by atoms with Crippen LogP contribution < -0.4 is 5.32 Å². The lowest BCUT2D eigenvalue weighted by Crippen LogP contribution is -2.12. The van der Waals surface area contributed by atoms with Crippen molar-refractivity contribution in [3.05, 3.63) is 65.2 Å². The molecule has 5 heteroatoms. The fourth-order valence-corrected chi connectivity index (χ4v) is 3.01. The van der Waals surface area contributed by atoms with Crippen LogP contribution in [0.1, 0.15) is 41.3 Å². The summed E-state index contributed by atoms with van der Waals surface area (Å²) in [6, 6.07) is 14.4. The Kier molecular flexibility index (Phi) is 5.21. The van der Waals surface area contributed by atoms with Gasteiger partial charge in [-0.2, -0.15) is 0 Å². The molecule has 1 amide bonds. The van der Waals surface area contributed by atoms with Crippen LogP contribution in [0.2, 0.25) is 0 Å². The third kappa shape index (κ3) is 5.21. The van der Waals surface area contributed by atoms with E-state index in [1.807, 2.05) is 24.3 Å².